The number of carbonyl (C=O) groups excluding carboxylic acids is 1. The standard InChI is InChI=1S/C12H7BrClF3N4O3/c1-20-9(8(13)10(19-20)12(15,16)17)11(22)18-6-3-2-5(14)4-7(6)21(23)24/h2-4H,1H3,(H,18,22). The van der Waals surface area contributed by atoms with E-state index in [-0.39, 0.29) is 10.7 Å². The van der Waals surface area contributed by atoms with E-state index in [1.54, 1.807) is 0 Å². The van der Waals surface area contributed by atoms with Crippen molar-refractivity contribution in [1.29, 1.82) is 0 Å². The van der Waals surface area contributed by atoms with E-state index >= 15 is 0 Å². The highest BCUT2D eigenvalue weighted by molar-refractivity contribution is 9.10. The van der Waals surface area contributed by atoms with Crippen molar-refractivity contribution in [3.05, 3.63) is 49.2 Å². The number of rotatable bonds is 3. The first-order valence-corrected chi connectivity index (χ1v) is 7.24. The quantitative estimate of drug-likeness (QED) is 0.592. The van der Waals surface area contributed by atoms with Gasteiger partial charge in [0.1, 0.15) is 11.4 Å². The maximum Gasteiger partial charge on any atom is 0.436 e. The van der Waals surface area contributed by atoms with Gasteiger partial charge in [0.15, 0.2) is 5.69 Å². The first-order valence-electron chi connectivity index (χ1n) is 6.07. The normalized spacial score (nSPS) is 11.4. The second-order valence-corrected chi connectivity index (χ2v) is 5.73. The highest BCUT2D eigenvalue weighted by Crippen LogP contribution is 2.36. The summed E-state index contributed by atoms with van der Waals surface area (Å²) in [4.78, 5) is 22.4. The number of aryl methyl sites for hydroxylation is 1. The highest BCUT2D eigenvalue weighted by atomic mass is 79.9. The number of alkyl halides is 3. The molecule has 0 bridgehead atoms. The van der Waals surface area contributed by atoms with Crippen molar-refractivity contribution in [3.63, 3.8) is 0 Å². The minimum atomic E-state index is -4.76. The lowest BCUT2D eigenvalue weighted by atomic mass is 10.2. The van der Waals surface area contributed by atoms with Gasteiger partial charge in [0, 0.05) is 18.1 Å². The Morgan fingerprint density at radius 2 is 2.08 bits per heavy atom. The molecule has 0 radical (unpaired) electrons. The topological polar surface area (TPSA) is 90.1 Å². The zero-order valence-electron chi connectivity index (χ0n) is 11.7. The zero-order chi connectivity index (χ0) is 18.2. The Morgan fingerprint density at radius 3 is 2.58 bits per heavy atom. The molecular weight excluding hydrogens is 421 g/mol. The molecule has 1 heterocycles. The number of halogens is 5. The molecule has 128 valence electrons. The Kier molecular flexibility index (Phi) is 4.85. The van der Waals surface area contributed by atoms with Crippen molar-refractivity contribution in [2.24, 2.45) is 7.05 Å². The van der Waals surface area contributed by atoms with Gasteiger partial charge in [-0.2, -0.15) is 18.3 Å². The number of hydrogen-bond donors (Lipinski definition) is 1. The van der Waals surface area contributed by atoms with Crippen LogP contribution in [0.5, 0.6) is 0 Å². The predicted molar refractivity (Wildman–Crippen MR) is 82.0 cm³/mol. The smallest absolute Gasteiger partial charge is 0.315 e. The molecule has 0 aliphatic heterocycles. The van der Waals surface area contributed by atoms with Crippen molar-refractivity contribution in [2.75, 3.05) is 5.32 Å². The van der Waals surface area contributed by atoms with Crippen molar-refractivity contribution in [1.82, 2.24) is 9.78 Å². The molecule has 1 aromatic carbocycles. The van der Waals surface area contributed by atoms with Crippen molar-refractivity contribution >= 4 is 44.8 Å². The van der Waals surface area contributed by atoms with Gasteiger partial charge < -0.3 is 5.32 Å². The van der Waals surface area contributed by atoms with E-state index in [0.717, 1.165) is 17.8 Å². The van der Waals surface area contributed by atoms with Gasteiger partial charge in [0.05, 0.1) is 9.40 Å². The summed E-state index contributed by atoms with van der Waals surface area (Å²) in [5.74, 6) is -1.00. The van der Waals surface area contributed by atoms with Crippen molar-refractivity contribution in [2.45, 2.75) is 6.18 Å². The molecule has 24 heavy (non-hydrogen) atoms. The van der Waals surface area contributed by atoms with E-state index < -0.39 is 38.6 Å². The number of amides is 1. The van der Waals surface area contributed by atoms with Crippen LogP contribution in [-0.4, -0.2) is 20.6 Å². The van der Waals surface area contributed by atoms with Crippen LogP contribution in [0.4, 0.5) is 24.5 Å². The first kappa shape index (κ1) is 18.2. The van der Waals surface area contributed by atoms with Gasteiger partial charge in [0.2, 0.25) is 0 Å². The lowest BCUT2D eigenvalue weighted by Crippen LogP contribution is -2.17. The number of hydrogen-bond acceptors (Lipinski definition) is 4. The molecule has 0 fully saturated rings. The van der Waals surface area contributed by atoms with Crippen LogP contribution in [0.15, 0.2) is 22.7 Å². The van der Waals surface area contributed by atoms with Gasteiger partial charge in [-0.15, -0.1) is 0 Å². The predicted octanol–water partition coefficient (Wildman–Crippen LogP) is 4.02. The molecule has 0 saturated heterocycles. The Bertz CT molecular complexity index is 838. The second kappa shape index (κ2) is 6.40. The number of anilines is 1. The summed E-state index contributed by atoms with van der Waals surface area (Å²) in [6.45, 7) is 0. The summed E-state index contributed by atoms with van der Waals surface area (Å²) in [7, 11) is 1.14. The molecule has 0 unspecified atom stereocenters. The van der Waals surface area contributed by atoms with Gasteiger partial charge in [0.25, 0.3) is 11.6 Å². The zero-order valence-corrected chi connectivity index (χ0v) is 14.0. The molecule has 7 nitrogen and oxygen atoms in total. The minimum Gasteiger partial charge on any atom is -0.315 e. The average molecular weight is 428 g/mol. The molecule has 0 spiro atoms. The van der Waals surface area contributed by atoms with Crippen LogP contribution in [0.2, 0.25) is 5.02 Å². The van der Waals surface area contributed by atoms with Gasteiger partial charge in [-0.1, -0.05) is 11.6 Å². The van der Waals surface area contributed by atoms with E-state index in [4.69, 9.17) is 11.6 Å². The molecule has 0 saturated carbocycles. The van der Waals surface area contributed by atoms with Gasteiger partial charge >= 0.3 is 6.18 Å². The van der Waals surface area contributed by atoms with Crippen LogP contribution >= 0.6 is 27.5 Å². The maximum absolute atomic E-state index is 12.8. The van der Waals surface area contributed by atoms with Crippen LogP contribution in [0.1, 0.15) is 16.2 Å². The largest absolute Gasteiger partial charge is 0.436 e. The second-order valence-electron chi connectivity index (χ2n) is 4.51. The number of nitro benzene ring substituents is 1. The van der Waals surface area contributed by atoms with E-state index in [1.165, 1.54) is 12.1 Å². The summed E-state index contributed by atoms with van der Waals surface area (Å²) in [6, 6.07) is 3.48. The molecule has 2 aromatic rings. The number of nitro groups is 1. The molecule has 1 amide bonds. The van der Waals surface area contributed by atoms with Crippen LogP contribution < -0.4 is 5.32 Å². The van der Waals surface area contributed by atoms with E-state index in [2.05, 4.69) is 26.3 Å². The fraction of sp³-hybridized carbons (Fsp3) is 0.167. The molecule has 0 atom stereocenters. The fourth-order valence-corrected chi connectivity index (χ4v) is 2.78. The number of aromatic nitrogens is 2. The number of nitrogens with one attached hydrogen (secondary N) is 1. The van der Waals surface area contributed by atoms with Crippen LogP contribution in [0, 0.1) is 10.1 Å². The Balaban J connectivity index is 2.42. The van der Waals surface area contributed by atoms with Crippen LogP contribution in [0.25, 0.3) is 0 Å². The van der Waals surface area contributed by atoms with Gasteiger partial charge in [-0.25, -0.2) is 0 Å². The monoisotopic (exact) mass is 426 g/mol. The van der Waals surface area contributed by atoms with Gasteiger partial charge in [-0.05, 0) is 28.1 Å². The van der Waals surface area contributed by atoms with Crippen LogP contribution in [0.3, 0.4) is 0 Å². The molecule has 0 aliphatic rings. The highest BCUT2D eigenvalue weighted by Gasteiger charge is 2.39. The third-order valence-electron chi connectivity index (χ3n) is 2.88. The summed E-state index contributed by atoms with van der Waals surface area (Å²) >= 11 is 8.35. The first-order chi connectivity index (χ1) is 11.0. The van der Waals surface area contributed by atoms with Crippen molar-refractivity contribution in [3.8, 4) is 0 Å². The summed E-state index contributed by atoms with van der Waals surface area (Å²) in [5.41, 5.74) is -2.42. The molecule has 1 N–H and O–H groups in total. The Labute approximate surface area is 145 Å². The number of benzene rings is 1. The minimum absolute atomic E-state index is 0.0702. The van der Waals surface area contributed by atoms with E-state index in [9.17, 15) is 28.1 Å². The van der Waals surface area contributed by atoms with E-state index in [0.29, 0.717) is 0 Å². The third kappa shape index (κ3) is 3.51. The van der Waals surface area contributed by atoms with Crippen LogP contribution in [-0.2, 0) is 13.2 Å². The summed E-state index contributed by atoms with van der Waals surface area (Å²) < 4.78 is 38.6. The number of carbonyl (C=O) groups is 1. The van der Waals surface area contributed by atoms with Crippen molar-refractivity contribution < 1.29 is 22.9 Å². The Hall–Kier alpha value is -2.14. The van der Waals surface area contributed by atoms with Gasteiger partial charge in [-0.3, -0.25) is 19.6 Å². The molecular formula is C12H7BrClF3N4O3. The molecule has 2 rings (SSSR count). The van der Waals surface area contributed by atoms with E-state index in [1.807, 2.05) is 0 Å². The lowest BCUT2D eigenvalue weighted by Gasteiger charge is -2.07. The SMILES string of the molecule is Cn1nc(C(F)(F)F)c(Br)c1C(=O)Nc1ccc(Cl)cc1[N+](=O)[O-]. The summed E-state index contributed by atoms with van der Waals surface area (Å²) in [6.07, 6.45) is -4.76. The lowest BCUT2D eigenvalue weighted by molar-refractivity contribution is -0.383. The maximum atomic E-state index is 12.8. The molecule has 1 aromatic heterocycles. The molecule has 0 aliphatic carbocycles. The Morgan fingerprint density at radius 1 is 1.46 bits per heavy atom. The number of nitrogens with zero attached hydrogens (tertiary/aromatic N) is 3. The third-order valence-corrected chi connectivity index (χ3v) is 3.86. The fourth-order valence-electron chi connectivity index (χ4n) is 1.87. The molecule has 12 heteroatoms. The average Bonchev–Trinajstić information content (AvgIpc) is 2.75. The summed E-state index contributed by atoms with van der Waals surface area (Å²) in [5, 5.41) is 16.5.